The van der Waals surface area contributed by atoms with E-state index in [2.05, 4.69) is 32.8 Å². The van der Waals surface area contributed by atoms with Gasteiger partial charge in [-0.2, -0.15) is 0 Å². The highest BCUT2D eigenvalue weighted by Gasteiger charge is 2.15. The van der Waals surface area contributed by atoms with E-state index < -0.39 is 8.07 Å². The first-order valence-corrected chi connectivity index (χ1v) is 6.77. The molecule has 0 bridgehead atoms. The van der Waals surface area contributed by atoms with Crippen LogP contribution in [0.1, 0.15) is 6.42 Å². The summed E-state index contributed by atoms with van der Waals surface area (Å²) in [5.74, 6) is 0. The molecule has 0 saturated heterocycles. The molecule has 52 valence electrons. The van der Waals surface area contributed by atoms with Crippen molar-refractivity contribution in [3.05, 3.63) is 24.4 Å². The van der Waals surface area contributed by atoms with Crippen molar-refractivity contribution in [2.24, 2.45) is 0 Å². The zero-order valence-corrected chi connectivity index (χ0v) is 7.70. The molecule has 0 radical (unpaired) electrons. The van der Waals surface area contributed by atoms with Gasteiger partial charge < -0.3 is 0 Å². The van der Waals surface area contributed by atoms with Gasteiger partial charge in [-0.25, -0.2) is 0 Å². The molecular formula is C8H16Si. The highest BCUT2D eigenvalue weighted by Crippen LogP contribution is 2.15. The second-order valence-electron chi connectivity index (χ2n) is 3.35. The average Bonchev–Trinajstić information content (AvgIpc) is 1.64. The zero-order valence-electron chi connectivity index (χ0n) is 6.70. The summed E-state index contributed by atoms with van der Waals surface area (Å²) in [5, 5.41) is 1.39. The first-order chi connectivity index (χ1) is 3.98. The van der Waals surface area contributed by atoms with Crippen molar-refractivity contribution in [1.82, 2.24) is 0 Å². The Morgan fingerprint density at radius 2 is 1.89 bits per heavy atom. The monoisotopic (exact) mass is 140 g/mol. The molecule has 1 heteroatoms. The van der Waals surface area contributed by atoms with Crippen LogP contribution in [0.5, 0.6) is 0 Å². The summed E-state index contributed by atoms with van der Waals surface area (Å²) in [6.45, 7) is 14.6. The minimum Gasteiger partial charge on any atom is -0.103 e. The van der Waals surface area contributed by atoms with E-state index in [0.717, 1.165) is 6.42 Å². The van der Waals surface area contributed by atoms with E-state index >= 15 is 0 Å². The van der Waals surface area contributed by atoms with E-state index in [-0.39, 0.29) is 0 Å². The van der Waals surface area contributed by atoms with Crippen LogP contribution in [0.25, 0.3) is 0 Å². The van der Waals surface area contributed by atoms with Gasteiger partial charge in [-0.1, -0.05) is 30.9 Å². The summed E-state index contributed by atoms with van der Waals surface area (Å²) in [7, 11) is -1.05. The first kappa shape index (κ1) is 8.70. The SMILES string of the molecule is C=CCC(=C)[Si](C)(C)C. The molecule has 0 aromatic heterocycles. The fraction of sp³-hybridized carbons (Fsp3) is 0.500. The van der Waals surface area contributed by atoms with Gasteiger partial charge in [0.2, 0.25) is 0 Å². The molecule has 0 aliphatic heterocycles. The fourth-order valence-electron chi connectivity index (χ4n) is 0.480. The lowest BCUT2D eigenvalue weighted by molar-refractivity contribution is 1.33. The van der Waals surface area contributed by atoms with Gasteiger partial charge in [0.1, 0.15) is 0 Å². The van der Waals surface area contributed by atoms with Gasteiger partial charge in [0.25, 0.3) is 0 Å². The summed E-state index contributed by atoms with van der Waals surface area (Å²) in [6, 6.07) is 0. The van der Waals surface area contributed by atoms with Crippen LogP contribution < -0.4 is 0 Å². The van der Waals surface area contributed by atoms with Gasteiger partial charge in [0.15, 0.2) is 0 Å². The minimum atomic E-state index is -1.05. The molecule has 0 spiro atoms. The molecule has 0 N–H and O–H groups in total. The summed E-state index contributed by atoms with van der Waals surface area (Å²) < 4.78 is 0. The minimum absolute atomic E-state index is 0.996. The fourth-order valence-corrected chi connectivity index (χ4v) is 1.24. The van der Waals surface area contributed by atoms with E-state index in [0.29, 0.717) is 0 Å². The lowest BCUT2D eigenvalue weighted by Crippen LogP contribution is -2.22. The number of rotatable bonds is 3. The average molecular weight is 140 g/mol. The highest BCUT2D eigenvalue weighted by molar-refractivity contribution is 6.83. The second kappa shape index (κ2) is 3.02. The van der Waals surface area contributed by atoms with Crippen LogP contribution in [0.15, 0.2) is 24.4 Å². The molecule has 0 atom stereocenters. The van der Waals surface area contributed by atoms with E-state index in [4.69, 9.17) is 0 Å². The first-order valence-electron chi connectivity index (χ1n) is 3.27. The van der Waals surface area contributed by atoms with Crippen molar-refractivity contribution in [2.45, 2.75) is 26.1 Å². The number of hydrogen-bond donors (Lipinski definition) is 0. The summed E-state index contributed by atoms with van der Waals surface area (Å²) in [6.07, 6.45) is 2.93. The molecule has 0 aromatic rings. The van der Waals surface area contributed by atoms with E-state index in [1.165, 1.54) is 5.20 Å². The number of hydrogen-bond acceptors (Lipinski definition) is 0. The Morgan fingerprint density at radius 1 is 1.44 bits per heavy atom. The molecule has 0 aliphatic carbocycles. The van der Waals surface area contributed by atoms with Crippen molar-refractivity contribution in [3.8, 4) is 0 Å². The third kappa shape index (κ3) is 3.30. The van der Waals surface area contributed by atoms with Crippen LogP contribution in [0.2, 0.25) is 19.6 Å². The third-order valence-corrected chi connectivity index (χ3v) is 3.78. The third-order valence-electron chi connectivity index (χ3n) is 1.45. The van der Waals surface area contributed by atoms with Crippen molar-refractivity contribution in [3.63, 3.8) is 0 Å². The van der Waals surface area contributed by atoms with Gasteiger partial charge in [0, 0.05) is 0 Å². The molecule has 0 aliphatic rings. The second-order valence-corrected chi connectivity index (χ2v) is 8.55. The molecule has 9 heavy (non-hydrogen) atoms. The maximum Gasteiger partial charge on any atom is 0.0720 e. The predicted octanol–water partition coefficient (Wildman–Crippen LogP) is 3.00. The lowest BCUT2D eigenvalue weighted by Gasteiger charge is -2.17. The van der Waals surface area contributed by atoms with Crippen molar-refractivity contribution in [1.29, 1.82) is 0 Å². The Bertz CT molecular complexity index is 117. The maximum atomic E-state index is 4.01. The molecule has 0 amide bonds. The van der Waals surface area contributed by atoms with Crippen LogP contribution in [0, 0.1) is 0 Å². The molecule has 0 saturated carbocycles. The Balaban J connectivity index is 3.88. The summed E-state index contributed by atoms with van der Waals surface area (Å²) in [5.41, 5.74) is 0. The molecule has 0 fully saturated rings. The quantitative estimate of drug-likeness (QED) is 0.417. The standard InChI is InChI=1S/C8H16Si/c1-6-7-8(2)9(3,4)5/h6H,1-2,7H2,3-5H3. The maximum absolute atomic E-state index is 4.01. The Kier molecular flexibility index (Phi) is 2.92. The highest BCUT2D eigenvalue weighted by atomic mass is 28.3. The molecule has 0 rings (SSSR count). The van der Waals surface area contributed by atoms with Crippen LogP contribution in [-0.2, 0) is 0 Å². The topological polar surface area (TPSA) is 0 Å². The molecule has 0 unspecified atom stereocenters. The van der Waals surface area contributed by atoms with E-state index in [1.54, 1.807) is 0 Å². The van der Waals surface area contributed by atoms with Gasteiger partial charge in [-0.05, 0) is 6.42 Å². The Hall–Kier alpha value is -0.303. The van der Waals surface area contributed by atoms with E-state index in [9.17, 15) is 0 Å². The predicted molar refractivity (Wildman–Crippen MR) is 47.3 cm³/mol. The summed E-state index contributed by atoms with van der Waals surface area (Å²) in [4.78, 5) is 0. The largest absolute Gasteiger partial charge is 0.103 e. The van der Waals surface area contributed by atoms with Gasteiger partial charge in [-0.15, -0.1) is 13.2 Å². The molecule has 0 heterocycles. The van der Waals surface area contributed by atoms with Crippen LogP contribution in [0.4, 0.5) is 0 Å². The Morgan fingerprint density at radius 3 is 2.00 bits per heavy atom. The summed E-state index contributed by atoms with van der Waals surface area (Å²) >= 11 is 0. The van der Waals surface area contributed by atoms with Gasteiger partial charge in [-0.3, -0.25) is 0 Å². The van der Waals surface area contributed by atoms with Crippen molar-refractivity contribution in [2.75, 3.05) is 0 Å². The van der Waals surface area contributed by atoms with E-state index in [1.807, 2.05) is 6.08 Å². The van der Waals surface area contributed by atoms with Crippen molar-refractivity contribution >= 4 is 8.07 Å². The van der Waals surface area contributed by atoms with Crippen LogP contribution in [0.3, 0.4) is 0 Å². The normalized spacial score (nSPS) is 11.0. The van der Waals surface area contributed by atoms with Crippen LogP contribution in [-0.4, -0.2) is 8.07 Å². The van der Waals surface area contributed by atoms with Crippen LogP contribution >= 0.6 is 0 Å². The van der Waals surface area contributed by atoms with Gasteiger partial charge >= 0.3 is 0 Å². The number of allylic oxidation sites excluding steroid dienone is 2. The van der Waals surface area contributed by atoms with Crippen molar-refractivity contribution < 1.29 is 0 Å². The Labute approximate surface area is 59.3 Å². The lowest BCUT2D eigenvalue weighted by atomic mass is 10.4. The smallest absolute Gasteiger partial charge is 0.0720 e. The van der Waals surface area contributed by atoms with Gasteiger partial charge in [0.05, 0.1) is 8.07 Å². The molecule has 0 nitrogen and oxygen atoms in total. The molecule has 0 aromatic carbocycles. The molecular weight excluding hydrogens is 124 g/mol. The zero-order chi connectivity index (χ0) is 7.49.